The lowest BCUT2D eigenvalue weighted by atomic mass is 9.71. The van der Waals surface area contributed by atoms with Crippen LogP contribution < -0.4 is 10.6 Å². The number of nitrogens with zero attached hydrogens (tertiary/aromatic N) is 3. The van der Waals surface area contributed by atoms with Crippen molar-refractivity contribution in [3.63, 3.8) is 0 Å². The number of fused-ring (bicyclic) bond motifs is 1. The second-order valence-corrected chi connectivity index (χ2v) is 10.2. The third-order valence-electron chi connectivity index (χ3n) is 7.22. The van der Waals surface area contributed by atoms with Crippen LogP contribution in [-0.4, -0.2) is 23.1 Å². The highest BCUT2D eigenvalue weighted by Crippen LogP contribution is 2.41. The summed E-state index contributed by atoms with van der Waals surface area (Å²) >= 11 is 6.39. The zero-order chi connectivity index (χ0) is 21.8. The Balaban J connectivity index is 1.48. The van der Waals surface area contributed by atoms with E-state index in [0.29, 0.717) is 5.41 Å². The lowest BCUT2D eigenvalue weighted by Crippen LogP contribution is -2.32. The van der Waals surface area contributed by atoms with Crippen LogP contribution >= 0.6 is 11.6 Å². The van der Waals surface area contributed by atoms with Gasteiger partial charge in [-0.25, -0.2) is 9.97 Å². The summed E-state index contributed by atoms with van der Waals surface area (Å²) in [6.45, 7) is 6.91. The molecule has 1 aliphatic carbocycles. The summed E-state index contributed by atoms with van der Waals surface area (Å²) < 4.78 is 0. The highest BCUT2D eigenvalue weighted by Gasteiger charge is 2.33. The lowest BCUT2D eigenvalue weighted by molar-refractivity contribution is 0.245. The highest BCUT2D eigenvalue weighted by atomic mass is 35.5. The molecule has 1 aromatic carbocycles. The van der Waals surface area contributed by atoms with E-state index in [2.05, 4.69) is 24.8 Å². The number of nitrogen functional groups attached to an aromatic ring is 1. The predicted octanol–water partition coefficient (Wildman–Crippen LogP) is 6.17. The quantitative estimate of drug-likeness (QED) is 0.545. The van der Waals surface area contributed by atoms with Gasteiger partial charge >= 0.3 is 0 Å². The number of benzene rings is 1. The van der Waals surface area contributed by atoms with Crippen LogP contribution in [0, 0.1) is 5.41 Å². The maximum Gasteiger partial charge on any atom is 0.135 e. The number of hydrogen-bond donors (Lipinski definition) is 1. The average molecular weight is 441 g/mol. The number of halogens is 1. The first-order chi connectivity index (χ1) is 15.0. The van der Waals surface area contributed by atoms with E-state index in [4.69, 9.17) is 27.3 Å². The van der Waals surface area contributed by atoms with Crippen molar-refractivity contribution in [2.24, 2.45) is 5.41 Å². The number of aryl methyl sites for hydroxylation is 2. The molecule has 2 aliphatic rings. The normalized spacial score (nSPS) is 21.6. The maximum absolute atomic E-state index is 6.39. The molecule has 1 saturated heterocycles. The van der Waals surface area contributed by atoms with Gasteiger partial charge in [0, 0.05) is 41.5 Å². The SMILES string of the molecule is CCc1nc2c(c(N3CCCCCC3)n1)CCC(C)(CCCc1ccc(N)cc1Cl)C2. The number of hydrogen-bond acceptors (Lipinski definition) is 4. The standard InChI is InChI=1S/C26H37ClN4/c1-3-24-29-23-18-26(2,13-8-9-19-10-11-20(28)17-22(19)27)14-12-21(23)25(30-24)31-15-6-4-5-7-16-31/h10-11,17H,3-9,12-16,18,28H2,1-2H3. The Morgan fingerprint density at radius 2 is 1.90 bits per heavy atom. The third-order valence-corrected chi connectivity index (χ3v) is 7.57. The first-order valence-corrected chi connectivity index (χ1v) is 12.5. The van der Waals surface area contributed by atoms with E-state index in [9.17, 15) is 0 Å². The molecule has 2 aromatic rings. The zero-order valence-electron chi connectivity index (χ0n) is 19.2. The van der Waals surface area contributed by atoms with Crippen molar-refractivity contribution in [1.29, 1.82) is 0 Å². The van der Waals surface area contributed by atoms with Gasteiger partial charge in [0.05, 0.1) is 0 Å². The Morgan fingerprint density at radius 1 is 1.13 bits per heavy atom. The van der Waals surface area contributed by atoms with Gasteiger partial charge < -0.3 is 10.6 Å². The molecule has 168 valence electrons. The van der Waals surface area contributed by atoms with Crippen molar-refractivity contribution in [3.8, 4) is 0 Å². The maximum atomic E-state index is 6.39. The fraction of sp³-hybridized carbons (Fsp3) is 0.615. The van der Waals surface area contributed by atoms with Gasteiger partial charge in [-0.1, -0.05) is 44.4 Å². The van der Waals surface area contributed by atoms with Crippen LogP contribution in [0.5, 0.6) is 0 Å². The summed E-state index contributed by atoms with van der Waals surface area (Å²) in [5.74, 6) is 2.26. The monoisotopic (exact) mass is 440 g/mol. The van der Waals surface area contributed by atoms with Crippen molar-refractivity contribution >= 4 is 23.1 Å². The molecule has 2 heterocycles. The van der Waals surface area contributed by atoms with E-state index < -0.39 is 0 Å². The Bertz CT molecular complexity index is 905. The minimum Gasteiger partial charge on any atom is -0.399 e. The Morgan fingerprint density at radius 3 is 2.61 bits per heavy atom. The van der Waals surface area contributed by atoms with E-state index in [0.717, 1.165) is 61.7 Å². The summed E-state index contributed by atoms with van der Waals surface area (Å²) in [6, 6.07) is 5.89. The topological polar surface area (TPSA) is 55.0 Å². The average Bonchev–Trinajstić information content (AvgIpc) is 3.03. The molecular weight excluding hydrogens is 404 g/mol. The molecule has 5 heteroatoms. The van der Waals surface area contributed by atoms with Crippen LogP contribution in [0.15, 0.2) is 18.2 Å². The van der Waals surface area contributed by atoms with E-state index in [1.54, 1.807) is 0 Å². The minimum atomic E-state index is 0.294. The van der Waals surface area contributed by atoms with E-state index in [1.165, 1.54) is 61.2 Å². The van der Waals surface area contributed by atoms with Crippen LogP contribution in [-0.2, 0) is 25.7 Å². The summed E-state index contributed by atoms with van der Waals surface area (Å²) in [5, 5.41) is 0.793. The van der Waals surface area contributed by atoms with Gasteiger partial charge in [-0.15, -0.1) is 0 Å². The molecular formula is C26H37ClN4. The van der Waals surface area contributed by atoms with Crippen LogP contribution in [0.4, 0.5) is 11.5 Å². The van der Waals surface area contributed by atoms with Gasteiger partial charge in [-0.05, 0) is 74.5 Å². The Labute approximate surface area is 192 Å². The van der Waals surface area contributed by atoms with Gasteiger partial charge in [0.25, 0.3) is 0 Å². The molecule has 0 amide bonds. The van der Waals surface area contributed by atoms with Crippen LogP contribution in [0.3, 0.4) is 0 Å². The Hall–Kier alpha value is -1.81. The second kappa shape index (κ2) is 9.77. The molecule has 0 bridgehead atoms. The van der Waals surface area contributed by atoms with E-state index in [1.807, 2.05) is 12.1 Å². The van der Waals surface area contributed by atoms with Crippen molar-refractivity contribution in [3.05, 3.63) is 45.9 Å². The van der Waals surface area contributed by atoms with Gasteiger partial charge in [0.2, 0.25) is 0 Å². The zero-order valence-corrected chi connectivity index (χ0v) is 20.0. The minimum absolute atomic E-state index is 0.294. The number of anilines is 2. The van der Waals surface area contributed by atoms with E-state index in [-0.39, 0.29) is 0 Å². The number of rotatable bonds is 6. The van der Waals surface area contributed by atoms with E-state index >= 15 is 0 Å². The molecule has 1 aliphatic heterocycles. The highest BCUT2D eigenvalue weighted by molar-refractivity contribution is 6.31. The van der Waals surface area contributed by atoms with Gasteiger partial charge in [-0.2, -0.15) is 0 Å². The van der Waals surface area contributed by atoms with Crippen LogP contribution in [0.1, 0.15) is 81.4 Å². The number of aromatic nitrogens is 2. The first kappa shape index (κ1) is 22.4. The smallest absolute Gasteiger partial charge is 0.135 e. The van der Waals surface area contributed by atoms with Crippen molar-refractivity contribution in [2.45, 2.75) is 84.5 Å². The molecule has 4 rings (SSSR count). The first-order valence-electron chi connectivity index (χ1n) is 12.1. The third kappa shape index (κ3) is 5.34. The molecule has 1 fully saturated rings. The number of nitrogens with two attached hydrogens (primary N) is 1. The van der Waals surface area contributed by atoms with Gasteiger partial charge in [-0.3, -0.25) is 0 Å². The molecule has 1 unspecified atom stereocenters. The van der Waals surface area contributed by atoms with Crippen molar-refractivity contribution in [1.82, 2.24) is 9.97 Å². The van der Waals surface area contributed by atoms with Crippen LogP contribution in [0.25, 0.3) is 0 Å². The summed E-state index contributed by atoms with van der Waals surface area (Å²) in [4.78, 5) is 12.6. The molecule has 0 saturated carbocycles. The van der Waals surface area contributed by atoms with Crippen molar-refractivity contribution in [2.75, 3.05) is 23.7 Å². The van der Waals surface area contributed by atoms with Gasteiger partial charge in [0.15, 0.2) is 0 Å². The summed E-state index contributed by atoms with van der Waals surface area (Å²) in [5.41, 5.74) is 10.8. The predicted molar refractivity (Wildman–Crippen MR) is 131 cm³/mol. The Kier molecular flexibility index (Phi) is 7.05. The molecule has 1 atom stereocenters. The fourth-order valence-electron chi connectivity index (χ4n) is 5.28. The summed E-state index contributed by atoms with van der Waals surface area (Å²) in [7, 11) is 0. The molecule has 31 heavy (non-hydrogen) atoms. The van der Waals surface area contributed by atoms with Crippen molar-refractivity contribution < 1.29 is 0 Å². The second-order valence-electron chi connectivity index (χ2n) is 9.84. The molecule has 0 radical (unpaired) electrons. The largest absolute Gasteiger partial charge is 0.399 e. The fourth-order valence-corrected chi connectivity index (χ4v) is 5.56. The summed E-state index contributed by atoms with van der Waals surface area (Å²) in [6.07, 6.45) is 12.9. The molecule has 2 N–H and O–H groups in total. The van der Waals surface area contributed by atoms with Gasteiger partial charge in [0.1, 0.15) is 11.6 Å². The molecule has 1 aromatic heterocycles. The molecule has 0 spiro atoms. The van der Waals surface area contributed by atoms with Crippen LogP contribution in [0.2, 0.25) is 5.02 Å². The molecule has 4 nitrogen and oxygen atoms in total. The lowest BCUT2D eigenvalue weighted by Gasteiger charge is -2.37.